The summed E-state index contributed by atoms with van der Waals surface area (Å²) in [6.07, 6.45) is 5.57. The van der Waals surface area contributed by atoms with E-state index in [1.54, 1.807) is 42.7 Å². The number of rotatable bonds is 5. The summed E-state index contributed by atoms with van der Waals surface area (Å²) >= 11 is 0. The zero-order valence-electron chi connectivity index (χ0n) is 16.9. The first-order chi connectivity index (χ1) is 15.1. The smallest absolute Gasteiger partial charge is 0.261 e. The van der Waals surface area contributed by atoms with Crippen molar-refractivity contribution in [3.05, 3.63) is 78.8 Å². The van der Waals surface area contributed by atoms with Gasteiger partial charge in [0, 0.05) is 30.9 Å². The quantitative estimate of drug-likeness (QED) is 0.494. The van der Waals surface area contributed by atoms with E-state index in [0.717, 1.165) is 48.3 Å². The molecule has 2 aromatic carbocycles. The average molecular weight is 434 g/mol. The van der Waals surface area contributed by atoms with Gasteiger partial charge in [-0.2, -0.15) is 0 Å². The minimum atomic E-state index is -3.61. The lowest BCUT2D eigenvalue weighted by Gasteiger charge is -2.34. The van der Waals surface area contributed by atoms with Gasteiger partial charge < -0.3 is 9.88 Å². The van der Waals surface area contributed by atoms with Crippen LogP contribution in [-0.2, 0) is 10.0 Å². The van der Waals surface area contributed by atoms with Gasteiger partial charge in [-0.3, -0.25) is 4.72 Å². The molecule has 1 saturated heterocycles. The maximum atomic E-state index is 12.7. The van der Waals surface area contributed by atoms with E-state index in [-0.39, 0.29) is 4.90 Å². The minimum absolute atomic E-state index is 0.253. The third-order valence-electron chi connectivity index (χ3n) is 5.72. The summed E-state index contributed by atoms with van der Waals surface area (Å²) in [6, 6.07) is 18.1. The van der Waals surface area contributed by atoms with E-state index in [4.69, 9.17) is 0 Å². The molecule has 1 atom stereocenters. The van der Waals surface area contributed by atoms with Crippen molar-refractivity contribution in [1.29, 1.82) is 0 Å². The zero-order valence-corrected chi connectivity index (χ0v) is 17.7. The van der Waals surface area contributed by atoms with Crippen molar-refractivity contribution in [2.24, 2.45) is 0 Å². The van der Waals surface area contributed by atoms with Crippen molar-refractivity contribution < 1.29 is 8.42 Å². The molecule has 8 heteroatoms. The Labute approximate surface area is 181 Å². The summed E-state index contributed by atoms with van der Waals surface area (Å²) in [4.78, 5) is 14.5. The molecule has 0 amide bonds. The van der Waals surface area contributed by atoms with Crippen LogP contribution in [0.5, 0.6) is 0 Å². The molecule has 0 bridgehead atoms. The van der Waals surface area contributed by atoms with Crippen LogP contribution in [0, 0.1) is 0 Å². The summed E-state index contributed by atoms with van der Waals surface area (Å²) in [7, 11) is -3.61. The van der Waals surface area contributed by atoms with Crippen LogP contribution in [0.4, 0.5) is 11.5 Å². The van der Waals surface area contributed by atoms with Crippen molar-refractivity contribution in [2.45, 2.75) is 23.7 Å². The van der Waals surface area contributed by atoms with Crippen molar-refractivity contribution >= 4 is 32.6 Å². The number of hydrogen-bond donors (Lipinski definition) is 2. The highest BCUT2D eigenvalue weighted by molar-refractivity contribution is 7.92. The number of sulfonamides is 1. The maximum Gasteiger partial charge on any atom is 0.261 e. The number of piperidine rings is 1. The first-order valence-electron chi connectivity index (χ1n) is 10.3. The van der Waals surface area contributed by atoms with Crippen molar-refractivity contribution in [2.75, 3.05) is 22.7 Å². The number of hydrogen-bond acceptors (Lipinski definition) is 5. The lowest BCUT2D eigenvalue weighted by Crippen LogP contribution is -2.35. The molecule has 0 radical (unpaired) electrons. The van der Waals surface area contributed by atoms with Crippen LogP contribution >= 0.6 is 0 Å². The number of H-pyrrole nitrogens is 1. The SMILES string of the molecule is O=S(=O)(Nc1cccc([C@@H]2CCCN(c3ncnc4[nH]ccc34)C2)c1)c1ccccc1. The molecule has 158 valence electrons. The Hall–Kier alpha value is -3.39. The van der Waals surface area contributed by atoms with E-state index in [2.05, 4.69) is 30.6 Å². The Morgan fingerprint density at radius 1 is 1.03 bits per heavy atom. The van der Waals surface area contributed by atoms with E-state index in [9.17, 15) is 8.42 Å². The highest BCUT2D eigenvalue weighted by Crippen LogP contribution is 2.33. The molecule has 0 spiro atoms. The molecule has 1 fully saturated rings. The summed E-state index contributed by atoms with van der Waals surface area (Å²) in [5, 5.41) is 1.02. The molecule has 2 N–H and O–H groups in total. The largest absolute Gasteiger partial charge is 0.355 e. The monoisotopic (exact) mass is 433 g/mol. The van der Waals surface area contributed by atoms with Crippen LogP contribution in [0.15, 0.2) is 78.1 Å². The fourth-order valence-electron chi connectivity index (χ4n) is 4.22. The second-order valence-electron chi connectivity index (χ2n) is 7.77. The van der Waals surface area contributed by atoms with E-state index in [1.165, 1.54) is 0 Å². The number of nitrogens with zero attached hydrogens (tertiary/aromatic N) is 3. The lowest BCUT2D eigenvalue weighted by molar-refractivity contribution is 0.508. The molecule has 3 heterocycles. The number of nitrogens with one attached hydrogen (secondary N) is 2. The normalized spacial score (nSPS) is 17.0. The van der Waals surface area contributed by atoms with Gasteiger partial charge in [-0.05, 0) is 48.7 Å². The van der Waals surface area contributed by atoms with E-state index in [0.29, 0.717) is 11.6 Å². The Morgan fingerprint density at radius 3 is 2.77 bits per heavy atom. The highest BCUT2D eigenvalue weighted by atomic mass is 32.2. The van der Waals surface area contributed by atoms with E-state index >= 15 is 0 Å². The second kappa shape index (κ2) is 8.03. The second-order valence-corrected chi connectivity index (χ2v) is 9.45. The number of benzene rings is 2. The molecule has 4 aromatic rings. The lowest BCUT2D eigenvalue weighted by atomic mass is 9.90. The van der Waals surface area contributed by atoms with E-state index in [1.807, 2.05) is 24.4 Å². The fourth-order valence-corrected chi connectivity index (χ4v) is 5.29. The fraction of sp³-hybridized carbons (Fsp3) is 0.217. The molecule has 0 aliphatic carbocycles. The van der Waals surface area contributed by atoms with Gasteiger partial charge >= 0.3 is 0 Å². The van der Waals surface area contributed by atoms with Crippen LogP contribution in [0.3, 0.4) is 0 Å². The van der Waals surface area contributed by atoms with Crippen molar-refractivity contribution in [1.82, 2.24) is 15.0 Å². The number of fused-ring (bicyclic) bond motifs is 1. The topological polar surface area (TPSA) is 91.0 Å². The van der Waals surface area contributed by atoms with Gasteiger partial charge in [-0.15, -0.1) is 0 Å². The first kappa shape index (κ1) is 19.6. The number of aromatic nitrogens is 3. The van der Waals surface area contributed by atoms with E-state index < -0.39 is 10.0 Å². The molecular formula is C23H23N5O2S. The maximum absolute atomic E-state index is 12.7. The molecule has 7 nitrogen and oxygen atoms in total. The number of aromatic amines is 1. The third kappa shape index (κ3) is 3.98. The highest BCUT2D eigenvalue weighted by Gasteiger charge is 2.24. The zero-order chi connectivity index (χ0) is 21.3. The average Bonchev–Trinajstić information content (AvgIpc) is 3.29. The number of anilines is 2. The van der Waals surface area contributed by atoms with Crippen LogP contribution < -0.4 is 9.62 Å². The van der Waals surface area contributed by atoms with Crippen LogP contribution in [0.2, 0.25) is 0 Å². The Bertz CT molecular complexity index is 1300. The molecule has 31 heavy (non-hydrogen) atoms. The third-order valence-corrected chi connectivity index (χ3v) is 7.11. The van der Waals surface area contributed by atoms with Gasteiger partial charge in [0.2, 0.25) is 0 Å². The predicted octanol–water partition coefficient (Wildman–Crippen LogP) is 4.14. The van der Waals surface area contributed by atoms with Gasteiger partial charge in [0.05, 0.1) is 10.3 Å². The first-order valence-corrected chi connectivity index (χ1v) is 11.8. The van der Waals surface area contributed by atoms with Gasteiger partial charge in [-0.1, -0.05) is 30.3 Å². The molecule has 5 rings (SSSR count). The van der Waals surface area contributed by atoms with Crippen LogP contribution in [0.25, 0.3) is 11.0 Å². The van der Waals surface area contributed by atoms with Gasteiger partial charge in [-0.25, -0.2) is 18.4 Å². The molecular weight excluding hydrogens is 410 g/mol. The van der Waals surface area contributed by atoms with Crippen LogP contribution in [0.1, 0.15) is 24.3 Å². The van der Waals surface area contributed by atoms with Crippen LogP contribution in [-0.4, -0.2) is 36.5 Å². The summed E-state index contributed by atoms with van der Waals surface area (Å²) in [6.45, 7) is 1.76. The van der Waals surface area contributed by atoms with Crippen molar-refractivity contribution in [3.8, 4) is 0 Å². The van der Waals surface area contributed by atoms with Gasteiger partial charge in [0.1, 0.15) is 17.8 Å². The molecule has 0 unspecified atom stereocenters. The minimum Gasteiger partial charge on any atom is -0.355 e. The van der Waals surface area contributed by atoms with Gasteiger partial charge in [0.15, 0.2) is 0 Å². The van der Waals surface area contributed by atoms with Crippen molar-refractivity contribution in [3.63, 3.8) is 0 Å². The Morgan fingerprint density at radius 2 is 1.90 bits per heavy atom. The molecule has 1 aliphatic heterocycles. The summed E-state index contributed by atoms with van der Waals surface area (Å²) in [5.41, 5.74) is 2.54. The summed E-state index contributed by atoms with van der Waals surface area (Å²) < 4.78 is 28.1. The molecule has 1 aliphatic rings. The Kier molecular flexibility index (Phi) is 5.07. The Balaban J connectivity index is 1.38. The van der Waals surface area contributed by atoms with Gasteiger partial charge in [0.25, 0.3) is 10.0 Å². The predicted molar refractivity (Wildman–Crippen MR) is 122 cm³/mol. The molecule has 2 aromatic heterocycles. The standard InChI is InChI=1S/C23H23N5O2S/c29-31(30,20-9-2-1-3-10-20)27-19-8-4-6-17(14-19)18-7-5-13-28(15-18)23-21-11-12-24-22(21)25-16-26-23/h1-4,6,8-12,14,16,18,27H,5,7,13,15H2,(H,24,25,26)/t18-/m1/s1. The summed E-state index contributed by atoms with van der Waals surface area (Å²) in [5.74, 6) is 1.23. The molecule has 0 saturated carbocycles.